The van der Waals surface area contributed by atoms with Crippen molar-refractivity contribution in [1.82, 2.24) is 4.90 Å². The minimum atomic E-state index is -0.616. The Bertz CT molecular complexity index is 1020. The van der Waals surface area contributed by atoms with Gasteiger partial charge in [-0.1, -0.05) is 49.5 Å². The number of amides is 1. The Morgan fingerprint density at radius 2 is 1.87 bits per heavy atom. The number of nitrogens with zero attached hydrogens (tertiary/aromatic N) is 2. The first-order chi connectivity index (χ1) is 14.4. The van der Waals surface area contributed by atoms with Crippen molar-refractivity contribution >= 4 is 51.9 Å². The van der Waals surface area contributed by atoms with Crippen molar-refractivity contribution in [2.24, 2.45) is 0 Å². The van der Waals surface area contributed by atoms with E-state index in [9.17, 15) is 19.7 Å². The number of unbranched alkanes of at least 4 members (excludes halogenated alkanes) is 1. The van der Waals surface area contributed by atoms with Crippen molar-refractivity contribution in [2.75, 3.05) is 6.54 Å². The third-order valence-corrected chi connectivity index (χ3v) is 5.69. The largest absolute Gasteiger partial charge is 0.423 e. The summed E-state index contributed by atoms with van der Waals surface area (Å²) in [5, 5.41) is 10.7. The van der Waals surface area contributed by atoms with Gasteiger partial charge in [-0.05, 0) is 42.3 Å². The summed E-state index contributed by atoms with van der Waals surface area (Å²) in [6.45, 7) is 2.68. The molecular formula is C21H18N2O5S2. The molecule has 154 valence electrons. The molecule has 3 rings (SSSR count). The number of carbonyl (C=O) groups is 2. The fraction of sp³-hybridized carbons (Fsp3) is 0.190. The number of hydrogen-bond donors (Lipinski definition) is 0. The molecule has 0 aromatic heterocycles. The minimum absolute atomic E-state index is 0.0906. The zero-order valence-corrected chi connectivity index (χ0v) is 17.7. The molecule has 0 bridgehead atoms. The maximum absolute atomic E-state index is 12.5. The molecule has 0 aliphatic carbocycles. The lowest BCUT2D eigenvalue weighted by Gasteiger charge is -2.13. The molecule has 30 heavy (non-hydrogen) atoms. The topological polar surface area (TPSA) is 89.8 Å². The number of carbonyl (C=O) groups excluding carboxylic acids is 2. The van der Waals surface area contributed by atoms with Crippen molar-refractivity contribution in [3.8, 4) is 5.75 Å². The van der Waals surface area contributed by atoms with Crippen LogP contribution in [0.15, 0.2) is 53.4 Å². The predicted molar refractivity (Wildman–Crippen MR) is 119 cm³/mol. The summed E-state index contributed by atoms with van der Waals surface area (Å²) >= 11 is 6.57. The lowest BCUT2D eigenvalue weighted by atomic mass is 10.2. The highest BCUT2D eigenvalue weighted by Gasteiger charge is 2.31. The van der Waals surface area contributed by atoms with Crippen LogP contribution in [0.4, 0.5) is 5.69 Å². The number of rotatable bonds is 7. The maximum atomic E-state index is 12.5. The molecule has 1 aliphatic heterocycles. The van der Waals surface area contributed by atoms with Gasteiger partial charge in [0.1, 0.15) is 10.1 Å². The zero-order valence-electron chi connectivity index (χ0n) is 16.1. The van der Waals surface area contributed by atoms with Gasteiger partial charge in [0.05, 0.1) is 15.4 Å². The molecule has 1 saturated heterocycles. The highest BCUT2D eigenvalue weighted by Crippen LogP contribution is 2.33. The van der Waals surface area contributed by atoms with E-state index in [1.165, 1.54) is 36.0 Å². The quantitative estimate of drug-likeness (QED) is 0.152. The summed E-state index contributed by atoms with van der Waals surface area (Å²) in [5.74, 6) is -0.382. The van der Waals surface area contributed by atoms with Crippen molar-refractivity contribution in [2.45, 2.75) is 19.8 Å². The first-order valence-corrected chi connectivity index (χ1v) is 10.4. The van der Waals surface area contributed by atoms with Crippen LogP contribution >= 0.6 is 24.0 Å². The predicted octanol–water partition coefficient (Wildman–Crippen LogP) is 4.82. The second kappa shape index (κ2) is 9.64. The van der Waals surface area contributed by atoms with Crippen LogP contribution in [0.2, 0.25) is 0 Å². The fourth-order valence-corrected chi connectivity index (χ4v) is 3.99. The average molecular weight is 443 g/mol. The number of thiocarbonyl (C=S) groups is 1. The van der Waals surface area contributed by atoms with E-state index in [2.05, 4.69) is 6.92 Å². The fourth-order valence-electron chi connectivity index (χ4n) is 2.68. The monoisotopic (exact) mass is 442 g/mol. The Morgan fingerprint density at radius 1 is 1.20 bits per heavy atom. The van der Waals surface area contributed by atoms with Gasteiger partial charge in [0.15, 0.2) is 0 Å². The molecule has 0 atom stereocenters. The number of benzene rings is 2. The van der Waals surface area contributed by atoms with E-state index >= 15 is 0 Å². The van der Waals surface area contributed by atoms with Gasteiger partial charge in [0.25, 0.3) is 11.6 Å². The maximum Gasteiger partial charge on any atom is 0.343 e. The van der Waals surface area contributed by atoms with Crippen LogP contribution in [0, 0.1) is 10.1 Å². The van der Waals surface area contributed by atoms with Crippen LogP contribution in [0.25, 0.3) is 6.08 Å². The second-order valence-electron chi connectivity index (χ2n) is 6.45. The van der Waals surface area contributed by atoms with E-state index in [0.29, 0.717) is 21.5 Å². The molecule has 9 heteroatoms. The average Bonchev–Trinajstić information content (AvgIpc) is 3.00. The lowest BCUT2D eigenvalue weighted by Crippen LogP contribution is -2.28. The van der Waals surface area contributed by atoms with Gasteiger partial charge in [0.2, 0.25) is 0 Å². The number of thioether (sulfide) groups is 1. The number of esters is 1. The second-order valence-corrected chi connectivity index (χ2v) is 8.13. The van der Waals surface area contributed by atoms with Gasteiger partial charge in [0, 0.05) is 18.7 Å². The smallest absolute Gasteiger partial charge is 0.343 e. The molecule has 0 unspecified atom stereocenters. The normalized spacial score (nSPS) is 15.0. The number of nitro benzene ring substituents is 1. The van der Waals surface area contributed by atoms with Crippen LogP contribution in [0.3, 0.4) is 0 Å². The summed E-state index contributed by atoms with van der Waals surface area (Å²) in [4.78, 5) is 37.0. The Labute approximate surface area is 182 Å². The molecule has 0 radical (unpaired) electrons. The Balaban J connectivity index is 1.65. The van der Waals surface area contributed by atoms with Crippen molar-refractivity contribution in [1.29, 1.82) is 0 Å². The number of hydrogen-bond acceptors (Lipinski definition) is 7. The van der Waals surface area contributed by atoms with Crippen molar-refractivity contribution in [3.05, 3.63) is 74.7 Å². The molecule has 1 heterocycles. The highest BCUT2D eigenvalue weighted by molar-refractivity contribution is 8.26. The van der Waals surface area contributed by atoms with Gasteiger partial charge in [-0.15, -0.1) is 0 Å². The molecule has 1 fully saturated rings. The summed E-state index contributed by atoms with van der Waals surface area (Å²) < 4.78 is 5.86. The SMILES string of the molecule is CCCCN1C(=O)C(=Cc2ccc(OC(=O)c3ccc([N+](=O)[O-])cc3)cc2)SC1=S. The summed E-state index contributed by atoms with van der Waals surface area (Å²) in [6, 6.07) is 11.9. The van der Waals surface area contributed by atoms with E-state index in [-0.39, 0.29) is 17.2 Å². The number of nitro groups is 1. The van der Waals surface area contributed by atoms with Crippen molar-refractivity contribution < 1.29 is 19.2 Å². The van der Waals surface area contributed by atoms with Gasteiger partial charge in [-0.2, -0.15) is 0 Å². The molecule has 1 amide bonds. The molecule has 7 nitrogen and oxygen atoms in total. The van der Waals surface area contributed by atoms with E-state index in [0.717, 1.165) is 18.4 Å². The van der Waals surface area contributed by atoms with E-state index in [4.69, 9.17) is 17.0 Å². The van der Waals surface area contributed by atoms with Gasteiger partial charge >= 0.3 is 5.97 Å². The minimum Gasteiger partial charge on any atom is -0.423 e. The first-order valence-electron chi connectivity index (χ1n) is 9.21. The van der Waals surface area contributed by atoms with E-state index in [1.807, 2.05) is 0 Å². The molecule has 2 aromatic rings. The zero-order chi connectivity index (χ0) is 21.7. The summed E-state index contributed by atoms with van der Waals surface area (Å²) in [5.41, 5.74) is 0.887. The first kappa shape index (κ1) is 21.7. The highest BCUT2D eigenvalue weighted by atomic mass is 32.2. The van der Waals surface area contributed by atoms with Crippen LogP contribution in [0.5, 0.6) is 5.75 Å². The van der Waals surface area contributed by atoms with Gasteiger partial charge in [-0.25, -0.2) is 4.79 Å². The Hall–Kier alpha value is -3.04. The van der Waals surface area contributed by atoms with Gasteiger partial charge in [-0.3, -0.25) is 19.8 Å². The standard InChI is InChI=1S/C21H18N2O5S2/c1-2-3-12-22-19(24)18(30-21(22)29)13-14-4-10-17(11-5-14)28-20(25)15-6-8-16(9-7-15)23(26)27/h4-11,13H,2-3,12H2,1H3. The molecular weight excluding hydrogens is 424 g/mol. The Kier molecular flexibility index (Phi) is 6.96. The third-order valence-electron chi connectivity index (χ3n) is 4.31. The van der Waals surface area contributed by atoms with Crippen molar-refractivity contribution in [3.63, 3.8) is 0 Å². The summed E-state index contributed by atoms with van der Waals surface area (Å²) in [7, 11) is 0. The molecule has 0 saturated carbocycles. The summed E-state index contributed by atoms with van der Waals surface area (Å²) in [6.07, 6.45) is 3.64. The Morgan fingerprint density at radius 3 is 2.47 bits per heavy atom. The van der Waals surface area contributed by atoms with E-state index in [1.54, 1.807) is 35.2 Å². The number of ether oxygens (including phenoxy) is 1. The van der Waals surface area contributed by atoms with Crippen LogP contribution in [-0.4, -0.2) is 32.6 Å². The van der Waals surface area contributed by atoms with Crippen LogP contribution in [-0.2, 0) is 4.79 Å². The molecule has 1 aliphatic rings. The lowest BCUT2D eigenvalue weighted by molar-refractivity contribution is -0.384. The number of non-ortho nitro benzene ring substituents is 1. The molecule has 2 aromatic carbocycles. The molecule has 0 spiro atoms. The molecule has 0 N–H and O–H groups in total. The van der Waals surface area contributed by atoms with Crippen LogP contribution in [0.1, 0.15) is 35.7 Å². The third kappa shape index (κ3) is 5.11. The van der Waals surface area contributed by atoms with Crippen LogP contribution < -0.4 is 4.74 Å². The van der Waals surface area contributed by atoms with Gasteiger partial charge < -0.3 is 4.74 Å². The van der Waals surface area contributed by atoms with E-state index < -0.39 is 10.9 Å².